The van der Waals surface area contributed by atoms with Gasteiger partial charge in [-0.15, -0.1) is 0 Å². The Morgan fingerprint density at radius 3 is 2.05 bits per heavy atom. The molecule has 6 nitrogen and oxygen atoms in total. The minimum Gasteiger partial charge on any atom is -0.496 e. The quantitative estimate of drug-likeness (QED) is 0.754. The minimum absolute atomic E-state index is 0.115. The van der Waals surface area contributed by atoms with Crippen LogP contribution >= 0.6 is 0 Å². The lowest BCUT2D eigenvalue weighted by Crippen LogP contribution is -2.50. The molecule has 0 heterocycles. The predicted molar refractivity (Wildman–Crippen MR) is 74.5 cm³/mol. The summed E-state index contributed by atoms with van der Waals surface area (Å²) in [4.78, 5) is 11.5. The molecule has 0 spiro atoms. The summed E-state index contributed by atoms with van der Waals surface area (Å²) in [6.07, 6.45) is 0.961. The van der Waals surface area contributed by atoms with Gasteiger partial charge < -0.3 is 25.1 Å². The van der Waals surface area contributed by atoms with Crippen LogP contribution in [0, 0.1) is 0 Å². The van der Waals surface area contributed by atoms with Crippen LogP contribution < -0.4 is 19.9 Å². The first kappa shape index (κ1) is 16.1. The second kappa shape index (κ2) is 7.00. The molecule has 20 heavy (non-hydrogen) atoms. The standard InChI is InChI=1S/C14H21NO5/c1-4-5-14(9-15,13(16)17)20-12-7-10(18-2)6-11(8-12)19-3/h6-8H,4-5,9,15H2,1-3H3,(H,16,17). The number of nitrogens with two attached hydrogens (primary N) is 1. The zero-order chi connectivity index (χ0) is 15.2. The fraction of sp³-hybridized carbons (Fsp3) is 0.500. The summed E-state index contributed by atoms with van der Waals surface area (Å²) in [6, 6.07) is 4.88. The molecule has 0 aliphatic heterocycles. The van der Waals surface area contributed by atoms with Crippen molar-refractivity contribution in [3.8, 4) is 17.2 Å². The van der Waals surface area contributed by atoms with Crippen LogP contribution in [0.25, 0.3) is 0 Å². The molecule has 1 aromatic carbocycles. The van der Waals surface area contributed by atoms with Crippen LogP contribution in [0.3, 0.4) is 0 Å². The first-order valence-corrected chi connectivity index (χ1v) is 6.37. The molecular weight excluding hydrogens is 262 g/mol. The van der Waals surface area contributed by atoms with Crippen molar-refractivity contribution in [2.24, 2.45) is 5.73 Å². The van der Waals surface area contributed by atoms with Gasteiger partial charge in [-0.25, -0.2) is 4.79 Å². The third kappa shape index (κ3) is 3.54. The number of carbonyl (C=O) groups is 1. The normalized spacial score (nSPS) is 13.4. The maximum Gasteiger partial charge on any atom is 0.349 e. The summed E-state index contributed by atoms with van der Waals surface area (Å²) in [5.74, 6) is 0.311. The summed E-state index contributed by atoms with van der Waals surface area (Å²) in [5, 5.41) is 9.40. The Morgan fingerprint density at radius 1 is 1.20 bits per heavy atom. The second-order valence-corrected chi connectivity index (χ2v) is 4.40. The molecule has 1 atom stereocenters. The number of benzene rings is 1. The molecular formula is C14H21NO5. The van der Waals surface area contributed by atoms with Gasteiger partial charge in [0.25, 0.3) is 0 Å². The van der Waals surface area contributed by atoms with Crippen LogP contribution in [0.1, 0.15) is 19.8 Å². The molecule has 0 aromatic heterocycles. The largest absolute Gasteiger partial charge is 0.496 e. The SMILES string of the molecule is CCCC(CN)(Oc1cc(OC)cc(OC)c1)C(=O)O. The lowest BCUT2D eigenvalue weighted by atomic mass is 9.98. The molecule has 6 heteroatoms. The summed E-state index contributed by atoms with van der Waals surface area (Å²) < 4.78 is 15.9. The van der Waals surface area contributed by atoms with Gasteiger partial charge in [0.2, 0.25) is 5.60 Å². The van der Waals surface area contributed by atoms with E-state index < -0.39 is 11.6 Å². The lowest BCUT2D eigenvalue weighted by molar-refractivity contribution is -0.155. The molecule has 1 rings (SSSR count). The van der Waals surface area contributed by atoms with Gasteiger partial charge in [0.1, 0.15) is 17.2 Å². The zero-order valence-corrected chi connectivity index (χ0v) is 12.0. The molecule has 112 valence electrons. The van der Waals surface area contributed by atoms with Gasteiger partial charge in [-0.05, 0) is 6.42 Å². The summed E-state index contributed by atoms with van der Waals surface area (Å²) in [5.41, 5.74) is 4.18. The van der Waals surface area contributed by atoms with Crippen LogP contribution in [-0.2, 0) is 4.79 Å². The Labute approximate surface area is 118 Å². The number of aliphatic carboxylic acids is 1. The molecule has 0 aliphatic carbocycles. The van der Waals surface area contributed by atoms with Crippen molar-refractivity contribution in [2.75, 3.05) is 20.8 Å². The number of ether oxygens (including phenoxy) is 3. The Kier molecular flexibility index (Phi) is 5.64. The van der Waals surface area contributed by atoms with Gasteiger partial charge in [-0.2, -0.15) is 0 Å². The molecule has 0 saturated carbocycles. The van der Waals surface area contributed by atoms with Gasteiger partial charge in [0.05, 0.1) is 14.2 Å². The van der Waals surface area contributed by atoms with Crippen LogP contribution in [0.5, 0.6) is 17.2 Å². The summed E-state index contributed by atoms with van der Waals surface area (Å²) in [6.45, 7) is 1.76. The highest BCUT2D eigenvalue weighted by Crippen LogP contribution is 2.31. The van der Waals surface area contributed by atoms with E-state index in [1.807, 2.05) is 6.92 Å². The summed E-state index contributed by atoms with van der Waals surface area (Å²) in [7, 11) is 3.02. The van der Waals surface area contributed by atoms with E-state index in [1.165, 1.54) is 14.2 Å². The van der Waals surface area contributed by atoms with Crippen LogP contribution in [0.2, 0.25) is 0 Å². The number of rotatable bonds is 8. The third-order valence-corrected chi connectivity index (χ3v) is 3.01. The highest BCUT2D eigenvalue weighted by Gasteiger charge is 2.39. The first-order chi connectivity index (χ1) is 9.51. The highest BCUT2D eigenvalue weighted by molar-refractivity contribution is 5.78. The molecule has 0 bridgehead atoms. The third-order valence-electron chi connectivity index (χ3n) is 3.01. The molecule has 0 fully saturated rings. The maximum atomic E-state index is 11.5. The lowest BCUT2D eigenvalue weighted by Gasteiger charge is -2.29. The maximum absolute atomic E-state index is 11.5. The molecule has 1 unspecified atom stereocenters. The van der Waals surface area contributed by atoms with Gasteiger partial charge in [-0.1, -0.05) is 13.3 Å². The zero-order valence-electron chi connectivity index (χ0n) is 12.0. The van der Waals surface area contributed by atoms with Crippen molar-refractivity contribution in [2.45, 2.75) is 25.4 Å². The van der Waals surface area contributed by atoms with E-state index in [2.05, 4.69) is 0 Å². The highest BCUT2D eigenvalue weighted by atomic mass is 16.5. The van der Waals surface area contributed by atoms with E-state index in [0.717, 1.165) is 0 Å². The van der Waals surface area contributed by atoms with Gasteiger partial charge in [0.15, 0.2) is 0 Å². The van der Waals surface area contributed by atoms with Crippen molar-refractivity contribution in [1.29, 1.82) is 0 Å². The number of carboxylic acids is 1. The molecule has 0 radical (unpaired) electrons. The average molecular weight is 283 g/mol. The molecule has 0 aliphatic rings. The van der Waals surface area contributed by atoms with Gasteiger partial charge >= 0.3 is 5.97 Å². The van der Waals surface area contributed by atoms with E-state index in [1.54, 1.807) is 18.2 Å². The van der Waals surface area contributed by atoms with Crippen LogP contribution in [0.15, 0.2) is 18.2 Å². The van der Waals surface area contributed by atoms with E-state index in [9.17, 15) is 9.90 Å². The fourth-order valence-electron chi connectivity index (χ4n) is 1.90. The van der Waals surface area contributed by atoms with Gasteiger partial charge in [-0.3, -0.25) is 0 Å². The topological polar surface area (TPSA) is 91.0 Å². The van der Waals surface area contributed by atoms with Gasteiger partial charge in [0, 0.05) is 24.7 Å². The van der Waals surface area contributed by atoms with Crippen molar-refractivity contribution < 1.29 is 24.1 Å². The smallest absolute Gasteiger partial charge is 0.349 e. The molecule has 1 aromatic rings. The minimum atomic E-state index is -1.44. The number of hydrogen-bond acceptors (Lipinski definition) is 5. The Balaban J connectivity index is 3.13. The average Bonchev–Trinajstić information content (AvgIpc) is 2.45. The van der Waals surface area contributed by atoms with Crippen molar-refractivity contribution >= 4 is 5.97 Å². The second-order valence-electron chi connectivity index (χ2n) is 4.40. The van der Waals surface area contributed by atoms with Crippen molar-refractivity contribution in [3.05, 3.63) is 18.2 Å². The Bertz CT molecular complexity index is 441. The van der Waals surface area contributed by atoms with Crippen LogP contribution in [-0.4, -0.2) is 37.4 Å². The van der Waals surface area contributed by atoms with E-state index in [4.69, 9.17) is 19.9 Å². The van der Waals surface area contributed by atoms with Crippen molar-refractivity contribution in [3.63, 3.8) is 0 Å². The predicted octanol–water partition coefficient (Wildman–Crippen LogP) is 1.66. The van der Waals surface area contributed by atoms with Crippen LogP contribution in [0.4, 0.5) is 0 Å². The monoisotopic (exact) mass is 283 g/mol. The number of hydrogen-bond donors (Lipinski definition) is 2. The Hall–Kier alpha value is -1.95. The van der Waals surface area contributed by atoms with E-state index >= 15 is 0 Å². The molecule has 0 saturated heterocycles. The molecule has 3 N–H and O–H groups in total. The fourth-order valence-corrected chi connectivity index (χ4v) is 1.90. The molecule has 0 amide bonds. The Morgan fingerprint density at radius 2 is 1.70 bits per heavy atom. The first-order valence-electron chi connectivity index (χ1n) is 6.37. The van der Waals surface area contributed by atoms with E-state index in [-0.39, 0.29) is 6.54 Å². The van der Waals surface area contributed by atoms with E-state index in [0.29, 0.717) is 30.1 Å². The summed E-state index contributed by atoms with van der Waals surface area (Å²) >= 11 is 0. The number of methoxy groups -OCH3 is 2. The van der Waals surface area contributed by atoms with Crippen molar-refractivity contribution in [1.82, 2.24) is 0 Å². The number of carboxylic acid groups (broad SMARTS) is 1.